The maximum Gasteiger partial charge on any atom is 0.239 e. The van der Waals surface area contributed by atoms with Crippen molar-refractivity contribution in [2.75, 3.05) is 11.9 Å². The Morgan fingerprint density at radius 3 is 2.75 bits per heavy atom. The first-order valence-electron chi connectivity index (χ1n) is 6.65. The zero-order valence-electron chi connectivity index (χ0n) is 12.1. The highest BCUT2D eigenvalue weighted by molar-refractivity contribution is 8.01. The minimum Gasteiger partial charge on any atom is -0.360 e. The predicted molar refractivity (Wildman–Crippen MR) is 81.2 cm³/mol. The van der Waals surface area contributed by atoms with Crippen LogP contribution in [0.4, 0.5) is 5.13 Å². The third kappa shape index (κ3) is 4.17. The van der Waals surface area contributed by atoms with E-state index in [1.807, 2.05) is 13.8 Å². The van der Waals surface area contributed by atoms with Gasteiger partial charge in [0, 0.05) is 13.0 Å². The number of hydrogen-bond acceptors (Lipinski definition) is 8. The van der Waals surface area contributed by atoms with Crippen LogP contribution in [0, 0.1) is 5.92 Å². The van der Waals surface area contributed by atoms with E-state index in [2.05, 4.69) is 39.5 Å². The molecular formula is C12H19N5OS2. The van der Waals surface area contributed by atoms with Crippen LogP contribution < -0.4 is 5.32 Å². The molecule has 8 heteroatoms. The average Bonchev–Trinajstić information content (AvgIpc) is 3.05. The fraction of sp³-hybridized carbons (Fsp3) is 0.667. The Labute approximate surface area is 126 Å². The van der Waals surface area contributed by atoms with Crippen molar-refractivity contribution in [3.8, 4) is 0 Å². The van der Waals surface area contributed by atoms with E-state index in [1.54, 1.807) is 23.1 Å². The fourth-order valence-corrected chi connectivity index (χ4v) is 3.33. The number of thioether (sulfide) groups is 1. The first-order chi connectivity index (χ1) is 9.58. The van der Waals surface area contributed by atoms with Gasteiger partial charge in [-0.1, -0.05) is 49.0 Å². The molecular weight excluding hydrogens is 294 g/mol. The van der Waals surface area contributed by atoms with Crippen LogP contribution in [0.25, 0.3) is 0 Å². The summed E-state index contributed by atoms with van der Waals surface area (Å²) in [6.07, 6.45) is 0.781. The topological polar surface area (TPSA) is 76.7 Å². The first kappa shape index (κ1) is 15.2. The summed E-state index contributed by atoms with van der Waals surface area (Å²) in [5.41, 5.74) is 0. The monoisotopic (exact) mass is 313 g/mol. The lowest BCUT2D eigenvalue weighted by molar-refractivity contribution is 0.375. The molecule has 2 aromatic heterocycles. The van der Waals surface area contributed by atoms with Crippen molar-refractivity contribution in [1.29, 1.82) is 0 Å². The second-order valence-corrected chi connectivity index (χ2v) is 7.38. The Hall–Kier alpha value is -1.15. The Morgan fingerprint density at radius 2 is 2.10 bits per heavy atom. The van der Waals surface area contributed by atoms with Gasteiger partial charge < -0.3 is 9.84 Å². The summed E-state index contributed by atoms with van der Waals surface area (Å²) in [5, 5.41) is 16.4. The van der Waals surface area contributed by atoms with E-state index in [1.165, 1.54) is 0 Å². The van der Waals surface area contributed by atoms with E-state index in [9.17, 15) is 0 Å². The van der Waals surface area contributed by atoms with Crippen LogP contribution in [0.2, 0.25) is 0 Å². The zero-order valence-corrected chi connectivity index (χ0v) is 13.7. The van der Waals surface area contributed by atoms with Gasteiger partial charge in [-0.25, -0.2) is 0 Å². The summed E-state index contributed by atoms with van der Waals surface area (Å²) >= 11 is 3.13. The molecule has 1 N–H and O–H groups in total. The van der Waals surface area contributed by atoms with Gasteiger partial charge in [-0.3, -0.25) is 0 Å². The highest BCUT2D eigenvalue weighted by Crippen LogP contribution is 2.36. The summed E-state index contributed by atoms with van der Waals surface area (Å²) in [7, 11) is 0. The van der Waals surface area contributed by atoms with E-state index in [-0.39, 0.29) is 5.25 Å². The minimum absolute atomic E-state index is 0.0775. The second kappa shape index (κ2) is 7.03. The van der Waals surface area contributed by atoms with Gasteiger partial charge in [0.1, 0.15) is 0 Å². The third-order valence-electron chi connectivity index (χ3n) is 2.49. The van der Waals surface area contributed by atoms with Crippen molar-refractivity contribution in [2.45, 2.75) is 43.7 Å². The normalized spacial score (nSPS) is 12.8. The molecule has 1 atom stereocenters. The second-order valence-electron chi connectivity index (χ2n) is 4.81. The number of aryl methyl sites for hydroxylation is 1. The summed E-state index contributed by atoms with van der Waals surface area (Å²) in [4.78, 5) is 4.33. The van der Waals surface area contributed by atoms with E-state index < -0.39 is 0 Å². The van der Waals surface area contributed by atoms with Crippen LogP contribution in [-0.4, -0.2) is 26.9 Å². The lowest BCUT2D eigenvalue weighted by Gasteiger charge is -2.03. The zero-order chi connectivity index (χ0) is 14.5. The van der Waals surface area contributed by atoms with Crippen molar-refractivity contribution in [2.24, 2.45) is 5.92 Å². The summed E-state index contributed by atoms with van der Waals surface area (Å²) in [6, 6.07) is 0. The van der Waals surface area contributed by atoms with Crippen molar-refractivity contribution < 1.29 is 4.52 Å². The van der Waals surface area contributed by atoms with E-state index >= 15 is 0 Å². The van der Waals surface area contributed by atoms with Gasteiger partial charge in [-0.15, -0.1) is 10.2 Å². The van der Waals surface area contributed by atoms with Gasteiger partial charge >= 0.3 is 0 Å². The van der Waals surface area contributed by atoms with Gasteiger partial charge in [-0.05, 0) is 12.8 Å². The van der Waals surface area contributed by atoms with Crippen molar-refractivity contribution in [3.63, 3.8) is 0 Å². The minimum atomic E-state index is 0.0775. The molecule has 2 rings (SSSR count). The van der Waals surface area contributed by atoms with E-state index in [0.717, 1.165) is 28.3 Å². The largest absolute Gasteiger partial charge is 0.360 e. The van der Waals surface area contributed by atoms with Crippen LogP contribution in [0.5, 0.6) is 0 Å². The van der Waals surface area contributed by atoms with Gasteiger partial charge in [0.15, 0.2) is 10.2 Å². The number of aromatic nitrogens is 4. The molecule has 0 aliphatic carbocycles. The number of nitrogens with zero attached hydrogens (tertiary/aromatic N) is 4. The van der Waals surface area contributed by atoms with Crippen LogP contribution in [-0.2, 0) is 6.42 Å². The standard InChI is InChI=1S/C12H19N5OS2/c1-5-9-14-10(18-17-9)8(4)19-12-16-15-11(20-12)13-6-7(2)3/h7-8H,5-6H2,1-4H3,(H,13,15). The van der Waals surface area contributed by atoms with Gasteiger partial charge in [0.2, 0.25) is 11.0 Å². The van der Waals surface area contributed by atoms with Crippen molar-refractivity contribution in [1.82, 2.24) is 20.3 Å². The van der Waals surface area contributed by atoms with Crippen molar-refractivity contribution in [3.05, 3.63) is 11.7 Å². The van der Waals surface area contributed by atoms with Crippen LogP contribution in [0.15, 0.2) is 8.86 Å². The van der Waals surface area contributed by atoms with Crippen LogP contribution in [0.3, 0.4) is 0 Å². The van der Waals surface area contributed by atoms with Crippen LogP contribution in [0.1, 0.15) is 44.7 Å². The van der Waals surface area contributed by atoms with E-state index in [4.69, 9.17) is 4.52 Å². The number of rotatable bonds is 7. The summed E-state index contributed by atoms with van der Waals surface area (Å²) in [5.74, 6) is 1.96. The maximum absolute atomic E-state index is 5.23. The molecule has 110 valence electrons. The van der Waals surface area contributed by atoms with Crippen LogP contribution >= 0.6 is 23.1 Å². The quantitative estimate of drug-likeness (QED) is 0.785. The molecule has 0 amide bonds. The third-order valence-corrected chi connectivity index (χ3v) is 4.55. The Kier molecular flexibility index (Phi) is 5.36. The average molecular weight is 313 g/mol. The molecule has 20 heavy (non-hydrogen) atoms. The molecule has 0 radical (unpaired) electrons. The lowest BCUT2D eigenvalue weighted by Crippen LogP contribution is -2.07. The Bertz CT molecular complexity index is 539. The smallest absolute Gasteiger partial charge is 0.239 e. The molecule has 6 nitrogen and oxygen atoms in total. The fourth-order valence-electron chi connectivity index (χ4n) is 1.40. The SMILES string of the molecule is CCc1noc(C(C)Sc2nnc(NCC(C)C)s2)n1. The first-order valence-corrected chi connectivity index (χ1v) is 8.34. The molecule has 2 heterocycles. The van der Waals surface area contributed by atoms with E-state index in [0.29, 0.717) is 11.8 Å². The highest BCUT2D eigenvalue weighted by atomic mass is 32.2. The maximum atomic E-state index is 5.23. The van der Waals surface area contributed by atoms with Crippen molar-refractivity contribution >= 4 is 28.2 Å². The van der Waals surface area contributed by atoms with Gasteiger partial charge in [0.25, 0.3) is 0 Å². The summed E-state index contributed by atoms with van der Waals surface area (Å²) < 4.78 is 6.14. The van der Waals surface area contributed by atoms with Gasteiger partial charge in [-0.2, -0.15) is 4.98 Å². The lowest BCUT2D eigenvalue weighted by atomic mass is 10.2. The molecule has 0 saturated carbocycles. The molecule has 0 aliphatic rings. The highest BCUT2D eigenvalue weighted by Gasteiger charge is 2.17. The number of nitrogens with one attached hydrogen (secondary N) is 1. The Balaban J connectivity index is 1.92. The van der Waals surface area contributed by atoms with Gasteiger partial charge in [0.05, 0.1) is 5.25 Å². The molecule has 0 aliphatic heterocycles. The summed E-state index contributed by atoms with van der Waals surface area (Å²) in [6.45, 7) is 9.25. The molecule has 0 bridgehead atoms. The molecule has 0 fully saturated rings. The Morgan fingerprint density at radius 1 is 1.30 bits per heavy atom. The molecule has 0 saturated heterocycles. The molecule has 0 aromatic carbocycles. The number of hydrogen-bond donors (Lipinski definition) is 1. The molecule has 2 aromatic rings. The molecule has 0 spiro atoms. The number of anilines is 1. The molecule has 1 unspecified atom stereocenters. The predicted octanol–water partition coefficient (Wildman–Crippen LogP) is 3.40.